The summed E-state index contributed by atoms with van der Waals surface area (Å²) in [5, 5.41) is 22.7. The maximum atomic E-state index is 11.7. The Labute approximate surface area is 197 Å². The zero-order valence-corrected chi connectivity index (χ0v) is 18.9. The Hall–Kier alpha value is -4.44. The van der Waals surface area contributed by atoms with Gasteiger partial charge in [0.25, 0.3) is 0 Å². The molecule has 1 atom stereocenters. The van der Waals surface area contributed by atoms with Crippen LogP contribution in [0.4, 0.5) is 11.5 Å². The van der Waals surface area contributed by atoms with Gasteiger partial charge >= 0.3 is 5.97 Å². The molecular formula is C27H23N5O2. The van der Waals surface area contributed by atoms with Crippen LogP contribution in [0.1, 0.15) is 51.3 Å². The Morgan fingerprint density at radius 3 is 2.44 bits per heavy atom. The Morgan fingerprint density at radius 1 is 1.09 bits per heavy atom. The first kappa shape index (κ1) is 21.4. The van der Waals surface area contributed by atoms with E-state index in [0.29, 0.717) is 41.3 Å². The van der Waals surface area contributed by atoms with Crippen molar-refractivity contribution in [2.45, 2.75) is 33.0 Å². The van der Waals surface area contributed by atoms with E-state index >= 15 is 0 Å². The Balaban J connectivity index is 1.58. The zero-order chi connectivity index (χ0) is 23.8. The van der Waals surface area contributed by atoms with Crippen LogP contribution in [0.25, 0.3) is 11.0 Å². The van der Waals surface area contributed by atoms with Crippen molar-refractivity contribution in [1.82, 2.24) is 9.97 Å². The molecule has 4 aromatic rings. The van der Waals surface area contributed by atoms with Crippen molar-refractivity contribution in [3.8, 4) is 6.07 Å². The zero-order valence-electron chi connectivity index (χ0n) is 18.9. The number of hydrogen-bond acceptors (Lipinski definition) is 6. The molecule has 0 bridgehead atoms. The smallest absolute Gasteiger partial charge is 0.337 e. The number of para-hydroxylation sites is 1. The number of carbonyl (C=O) groups is 1. The SMILES string of the molecule is Cc1cc([C@@H](C)Nc2ccccc2C(=O)O)c2nc(N3Cc4ccccc4C3)c(C#N)nc2c1. The van der Waals surface area contributed by atoms with E-state index in [2.05, 4.69) is 33.4 Å². The summed E-state index contributed by atoms with van der Waals surface area (Å²) in [7, 11) is 0. The van der Waals surface area contributed by atoms with Gasteiger partial charge in [-0.15, -0.1) is 0 Å². The normalized spacial score (nSPS) is 13.4. The summed E-state index contributed by atoms with van der Waals surface area (Å²) in [6.45, 7) is 5.29. The molecule has 168 valence electrons. The van der Waals surface area contributed by atoms with Crippen molar-refractivity contribution < 1.29 is 9.90 Å². The van der Waals surface area contributed by atoms with Gasteiger partial charge in [-0.05, 0) is 48.7 Å². The lowest BCUT2D eigenvalue weighted by Gasteiger charge is -2.22. The van der Waals surface area contributed by atoms with E-state index in [1.54, 1.807) is 24.3 Å². The third kappa shape index (κ3) is 3.80. The van der Waals surface area contributed by atoms with Gasteiger partial charge in [-0.1, -0.05) is 42.5 Å². The number of nitrogens with zero attached hydrogens (tertiary/aromatic N) is 4. The van der Waals surface area contributed by atoms with E-state index in [4.69, 9.17) is 4.98 Å². The number of fused-ring (bicyclic) bond motifs is 2. The number of benzene rings is 3. The second-order valence-electron chi connectivity index (χ2n) is 8.57. The molecular weight excluding hydrogens is 426 g/mol. The molecule has 1 aliphatic heterocycles. The minimum atomic E-state index is -0.987. The lowest BCUT2D eigenvalue weighted by atomic mass is 10.0. The van der Waals surface area contributed by atoms with Gasteiger partial charge < -0.3 is 15.3 Å². The molecule has 5 rings (SSSR count). The van der Waals surface area contributed by atoms with Crippen LogP contribution in [0, 0.1) is 18.3 Å². The fraction of sp³-hybridized carbons (Fsp3) is 0.185. The number of aromatic nitrogens is 2. The molecule has 3 aromatic carbocycles. The van der Waals surface area contributed by atoms with Crippen LogP contribution in [0.2, 0.25) is 0 Å². The molecule has 0 aliphatic carbocycles. The molecule has 2 heterocycles. The third-order valence-corrected chi connectivity index (χ3v) is 6.17. The summed E-state index contributed by atoms with van der Waals surface area (Å²) >= 11 is 0. The highest BCUT2D eigenvalue weighted by Gasteiger charge is 2.25. The van der Waals surface area contributed by atoms with E-state index < -0.39 is 5.97 Å². The molecule has 0 spiro atoms. The number of nitriles is 1. The summed E-state index contributed by atoms with van der Waals surface area (Å²) in [6, 6.07) is 21.0. The molecule has 0 unspecified atom stereocenters. The average molecular weight is 450 g/mol. The minimum absolute atomic E-state index is 0.208. The quantitative estimate of drug-likeness (QED) is 0.432. The first-order chi connectivity index (χ1) is 16.4. The van der Waals surface area contributed by atoms with Crippen molar-refractivity contribution in [3.63, 3.8) is 0 Å². The minimum Gasteiger partial charge on any atom is -0.478 e. The van der Waals surface area contributed by atoms with Crippen LogP contribution in [0.3, 0.4) is 0 Å². The molecule has 0 amide bonds. The second-order valence-corrected chi connectivity index (χ2v) is 8.57. The van der Waals surface area contributed by atoms with Crippen molar-refractivity contribution in [2.75, 3.05) is 10.2 Å². The Morgan fingerprint density at radius 2 is 1.76 bits per heavy atom. The highest BCUT2D eigenvalue weighted by Crippen LogP contribution is 2.33. The summed E-state index contributed by atoms with van der Waals surface area (Å²) in [5.41, 5.74) is 6.71. The topological polar surface area (TPSA) is 102 Å². The van der Waals surface area contributed by atoms with E-state index in [9.17, 15) is 15.2 Å². The Kier molecular flexibility index (Phi) is 5.34. The number of rotatable bonds is 5. The molecule has 1 aromatic heterocycles. The van der Waals surface area contributed by atoms with Crippen LogP contribution >= 0.6 is 0 Å². The standard InChI is InChI=1S/C27H23N5O2/c1-16-11-21(17(2)29-22-10-6-5-9-20(22)27(33)34)25-23(12-16)30-24(13-28)26(31-25)32-14-18-7-3-4-8-19(18)15-32/h3-12,17,29H,14-15H2,1-2H3,(H,33,34)/t17-/m1/s1. The van der Waals surface area contributed by atoms with Gasteiger partial charge in [-0.3, -0.25) is 0 Å². The first-order valence-electron chi connectivity index (χ1n) is 11.1. The van der Waals surface area contributed by atoms with Gasteiger partial charge in [0.2, 0.25) is 0 Å². The fourth-order valence-corrected chi connectivity index (χ4v) is 4.54. The summed E-state index contributed by atoms with van der Waals surface area (Å²) < 4.78 is 0. The number of nitrogens with one attached hydrogen (secondary N) is 1. The number of carboxylic acids is 1. The average Bonchev–Trinajstić information content (AvgIpc) is 3.27. The van der Waals surface area contributed by atoms with Crippen LogP contribution in [0.15, 0.2) is 60.7 Å². The highest BCUT2D eigenvalue weighted by molar-refractivity contribution is 5.94. The number of hydrogen-bond donors (Lipinski definition) is 2. The van der Waals surface area contributed by atoms with Crippen molar-refractivity contribution in [1.29, 1.82) is 5.26 Å². The molecule has 0 saturated carbocycles. The third-order valence-electron chi connectivity index (χ3n) is 6.17. The van der Waals surface area contributed by atoms with Gasteiger partial charge in [-0.25, -0.2) is 14.8 Å². The second kappa shape index (κ2) is 8.49. The first-order valence-corrected chi connectivity index (χ1v) is 11.1. The molecule has 2 N–H and O–H groups in total. The number of aryl methyl sites for hydroxylation is 1. The number of carboxylic acid groups (broad SMARTS) is 1. The molecule has 0 saturated heterocycles. The maximum absolute atomic E-state index is 11.7. The molecule has 7 heteroatoms. The number of aromatic carboxylic acids is 1. The predicted molar refractivity (Wildman–Crippen MR) is 131 cm³/mol. The molecule has 0 fully saturated rings. The summed E-state index contributed by atoms with van der Waals surface area (Å²) in [4.78, 5) is 23.4. The van der Waals surface area contributed by atoms with Gasteiger partial charge in [-0.2, -0.15) is 5.26 Å². The van der Waals surface area contributed by atoms with Gasteiger partial charge in [0.05, 0.1) is 22.6 Å². The van der Waals surface area contributed by atoms with Crippen molar-refractivity contribution >= 4 is 28.5 Å². The van der Waals surface area contributed by atoms with Crippen LogP contribution in [-0.4, -0.2) is 21.0 Å². The molecule has 0 radical (unpaired) electrons. The number of anilines is 2. The largest absolute Gasteiger partial charge is 0.478 e. The van der Waals surface area contributed by atoms with Gasteiger partial charge in [0.1, 0.15) is 6.07 Å². The van der Waals surface area contributed by atoms with E-state index in [-0.39, 0.29) is 11.6 Å². The van der Waals surface area contributed by atoms with Crippen LogP contribution in [0.5, 0.6) is 0 Å². The monoisotopic (exact) mass is 449 g/mol. The predicted octanol–water partition coefficient (Wildman–Crippen LogP) is 5.20. The highest BCUT2D eigenvalue weighted by atomic mass is 16.4. The van der Waals surface area contributed by atoms with E-state index in [1.807, 2.05) is 38.1 Å². The van der Waals surface area contributed by atoms with E-state index in [1.165, 1.54) is 11.1 Å². The van der Waals surface area contributed by atoms with Crippen LogP contribution in [-0.2, 0) is 13.1 Å². The molecule has 1 aliphatic rings. The molecule has 34 heavy (non-hydrogen) atoms. The van der Waals surface area contributed by atoms with E-state index in [0.717, 1.165) is 11.1 Å². The summed E-state index contributed by atoms with van der Waals surface area (Å²) in [6.07, 6.45) is 0. The summed E-state index contributed by atoms with van der Waals surface area (Å²) in [5.74, 6) is -0.423. The molecule has 7 nitrogen and oxygen atoms in total. The maximum Gasteiger partial charge on any atom is 0.337 e. The van der Waals surface area contributed by atoms with Crippen molar-refractivity contribution in [2.24, 2.45) is 0 Å². The lowest BCUT2D eigenvalue weighted by Crippen LogP contribution is -2.19. The Bertz CT molecular complexity index is 1450. The fourth-order valence-electron chi connectivity index (χ4n) is 4.54. The van der Waals surface area contributed by atoms with Crippen LogP contribution < -0.4 is 10.2 Å². The lowest BCUT2D eigenvalue weighted by molar-refractivity contribution is 0.0698. The van der Waals surface area contributed by atoms with Crippen molar-refractivity contribution in [3.05, 3.63) is 94.2 Å². The van der Waals surface area contributed by atoms with Gasteiger partial charge in [0, 0.05) is 24.3 Å². The van der Waals surface area contributed by atoms with Gasteiger partial charge in [0.15, 0.2) is 11.5 Å².